The van der Waals surface area contributed by atoms with E-state index >= 15 is 0 Å². The monoisotopic (exact) mass is 242 g/mol. The van der Waals surface area contributed by atoms with Gasteiger partial charge in [-0.3, -0.25) is 4.90 Å². The van der Waals surface area contributed by atoms with Crippen LogP contribution in [0, 0.1) is 0 Å². The summed E-state index contributed by atoms with van der Waals surface area (Å²) in [7, 11) is 4.26. The van der Waals surface area contributed by atoms with E-state index in [9.17, 15) is 4.79 Å². The average molecular weight is 242 g/mol. The van der Waals surface area contributed by atoms with Gasteiger partial charge in [0.1, 0.15) is 0 Å². The molecule has 100 valence electrons. The number of carbonyl (C=O) groups excluding carboxylic acids is 1. The highest BCUT2D eigenvalue weighted by molar-refractivity contribution is 5.74. The SMILES string of the molecule is CCN(CC)C(=O)NCC1CN(C)CCN1C. The molecule has 2 amide bonds. The molecule has 0 aromatic rings. The van der Waals surface area contributed by atoms with Crippen LogP contribution in [0.15, 0.2) is 0 Å². The summed E-state index contributed by atoms with van der Waals surface area (Å²) < 4.78 is 0. The van der Waals surface area contributed by atoms with E-state index in [1.807, 2.05) is 18.7 Å². The summed E-state index contributed by atoms with van der Waals surface area (Å²) in [5.41, 5.74) is 0. The highest BCUT2D eigenvalue weighted by Crippen LogP contribution is 2.04. The number of rotatable bonds is 4. The molecule has 0 saturated carbocycles. The van der Waals surface area contributed by atoms with E-state index in [0.29, 0.717) is 6.04 Å². The topological polar surface area (TPSA) is 38.8 Å². The highest BCUT2D eigenvalue weighted by Gasteiger charge is 2.22. The van der Waals surface area contributed by atoms with Gasteiger partial charge in [-0.2, -0.15) is 0 Å². The van der Waals surface area contributed by atoms with Gasteiger partial charge in [-0.25, -0.2) is 4.79 Å². The minimum atomic E-state index is 0.0524. The van der Waals surface area contributed by atoms with Crippen LogP contribution >= 0.6 is 0 Å². The van der Waals surface area contributed by atoms with Crippen LogP contribution in [0.25, 0.3) is 0 Å². The van der Waals surface area contributed by atoms with Crippen LogP contribution in [0.4, 0.5) is 4.79 Å². The maximum Gasteiger partial charge on any atom is 0.317 e. The zero-order chi connectivity index (χ0) is 12.8. The Morgan fingerprint density at radius 1 is 1.29 bits per heavy atom. The summed E-state index contributed by atoms with van der Waals surface area (Å²) in [6.07, 6.45) is 0. The van der Waals surface area contributed by atoms with Crippen molar-refractivity contribution < 1.29 is 4.79 Å². The third-order valence-electron chi connectivity index (χ3n) is 3.52. The predicted molar refractivity (Wildman–Crippen MR) is 70.2 cm³/mol. The molecular formula is C12H26N4O. The molecule has 0 aromatic heterocycles. The standard InChI is InChI=1S/C12H26N4O/c1-5-16(6-2)12(17)13-9-11-10-14(3)7-8-15(11)4/h11H,5-10H2,1-4H3,(H,13,17). The molecule has 1 rings (SSSR count). The van der Waals surface area contributed by atoms with Gasteiger partial charge in [0.15, 0.2) is 0 Å². The second-order valence-electron chi connectivity index (χ2n) is 4.76. The lowest BCUT2D eigenvalue weighted by Gasteiger charge is -2.38. The molecule has 0 radical (unpaired) electrons. The Hall–Kier alpha value is -0.810. The Balaban J connectivity index is 2.36. The van der Waals surface area contributed by atoms with E-state index in [2.05, 4.69) is 29.2 Å². The second-order valence-corrected chi connectivity index (χ2v) is 4.76. The summed E-state index contributed by atoms with van der Waals surface area (Å²) >= 11 is 0. The summed E-state index contributed by atoms with van der Waals surface area (Å²) in [6, 6.07) is 0.477. The van der Waals surface area contributed by atoms with Crippen molar-refractivity contribution in [2.24, 2.45) is 0 Å². The van der Waals surface area contributed by atoms with Crippen molar-refractivity contribution in [1.82, 2.24) is 20.0 Å². The molecule has 17 heavy (non-hydrogen) atoms. The maximum absolute atomic E-state index is 11.8. The first-order valence-corrected chi connectivity index (χ1v) is 6.50. The number of hydrogen-bond donors (Lipinski definition) is 1. The molecule has 1 aliphatic rings. The van der Waals surface area contributed by atoms with Gasteiger partial charge < -0.3 is 15.1 Å². The molecule has 1 N–H and O–H groups in total. The van der Waals surface area contributed by atoms with Crippen molar-refractivity contribution in [2.75, 3.05) is 53.4 Å². The molecule has 0 aromatic carbocycles. The minimum Gasteiger partial charge on any atom is -0.336 e. The zero-order valence-corrected chi connectivity index (χ0v) is 11.6. The number of amides is 2. The van der Waals surface area contributed by atoms with Gasteiger partial charge in [-0.05, 0) is 27.9 Å². The number of urea groups is 1. The number of nitrogens with zero attached hydrogens (tertiary/aromatic N) is 3. The molecule has 1 unspecified atom stereocenters. The number of likely N-dealkylation sites (N-methyl/N-ethyl adjacent to an activating group) is 2. The van der Waals surface area contributed by atoms with Crippen molar-refractivity contribution in [2.45, 2.75) is 19.9 Å². The molecule has 1 saturated heterocycles. The molecular weight excluding hydrogens is 216 g/mol. The molecule has 0 spiro atoms. The first-order chi connectivity index (χ1) is 8.08. The largest absolute Gasteiger partial charge is 0.336 e. The van der Waals surface area contributed by atoms with Gasteiger partial charge in [-0.1, -0.05) is 0 Å². The van der Waals surface area contributed by atoms with E-state index < -0.39 is 0 Å². The van der Waals surface area contributed by atoms with Crippen LogP contribution in [0.1, 0.15) is 13.8 Å². The van der Waals surface area contributed by atoms with Crippen molar-refractivity contribution in [3.63, 3.8) is 0 Å². The Bertz CT molecular complexity index is 243. The van der Waals surface area contributed by atoms with Gasteiger partial charge >= 0.3 is 6.03 Å². The Kier molecular flexibility index (Phi) is 5.71. The highest BCUT2D eigenvalue weighted by atomic mass is 16.2. The van der Waals surface area contributed by atoms with Gasteiger partial charge in [-0.15, -0.1) is 0 Å². The normalized spacial score (nSPS) is 22.5. The van der Waals surface area contributed by atoms with Gasteiger partial charge in [0.2, 0.25) is 0 Å². The van der Waals surface area contributed by atoms with E-state index in [4.69, 9.17) is 0 Å². The fraction of sp³-hybridized carbons (Fsp3) is 0.917. The number of nitrogens with one attached hydrogen (secondary N) is 1. The number of piperazine rings is 1. The summed E-state index contributed by atoms with van der Waals surface area (Å²) in [5.74, 6) is 0. The third kappa shape index (κ3) is 4.16. The summed E-state index contributed by atoms with van der Waals surface area (Å²) in [4.78, 5) is 18.3. The molecule has 1 heterocycles. The molecule has 5 heteroatoms. The van der Waals surface area contributed by atoms with E-state index in [-0.39, 0.29) is 6.03 Å². The van der Waals surface area contributed by atoms with Gasteiger partial charge in [0.05, 0.1) is 0 Å². The Morgan fingerprint density at radius 3 is 2.53 bits per heavy atom. The van der Waals surface area contributed by atoms with Gasteiger partial charge in [0.25, 0.3) is 0 Å². The summed E-state index contributed by atoms with van der Waals surface area (Å²) in [6.45, 7) is 9.48. The molecule has 0 bridgehead atoms. The van der Waals surface area contributed by atoms with Crippen molar-refractivity contribution >= 4 is 6.03 Å². The lowest BCUT2D eigenvalue weighted by Crippen LogP contribution is -2.55. The van der Waals surface area contributed by atoms with E-state index in [0.717, 1.165) is 39.3 Å². The number of hydrogen-bond acceptors (Lipinski definition) is 3. The van der Waals surface area contributed by atoms with Crippen molar-refractivity contribution in [3.8, 4) is 0 Å². The number of carbonyl (C=O) groups is 1. The van der Waals surface area contributed by atoms with Crippen LogP contribution in [-0.4, -0.2) is 80.1 Å². The minimum absolute atomic E-state index is 0.0524. The first kappa shape index (κ1) is 14.3. The molecule has 1 atom stereocenters. The lowest BCUT2D eigenvalue weighted by atomic mass is 10.2. The molecule has 0 aliphatic carbocycles. The third-order valence-corrected chi connectivity index (χ3v) is 3.52. The molecule has 1 fully saturated rings. The quantitative estimate of drug-likeness (QED) is 0.770. The fourth-order valence-corrected chi connectivity index (χ4v) is 2.15. The Morgan fingerprint density at radius 2 is 1.94 bits per heavy atom. The van der Waals surface area contributed by atoms with Crippen LogP contribution in [0.2, 0.25) is 0 Å². The first-order valence-electron chi connectivity index (χ1n) is 6.50. The van der Waals surface area contributed by atoms with Crippen LogP contribution < -0.4 is 5.32 Å². The van der Waals surface area contributed by atoms with Crippen LogP contribution in [0.5, 0.6) is 0 Å². The van der Waals surface area contributed by atoms with Crippen LogP contribution in [-0.2, 0) is 0 Å². The maximum atomic E-state index is 11.8. The molecule has 5 nitrogen and oxygen atoms in total. The van der Waals surface area contributed by atoms with Crippen LogP contribution in [0.3, 0.4) is 0 Å². The smallest absolute Gasteiger partial charge is 0.317 e. The fourth-order valence-electron chi connectivity index (χ4n) is 2.15. The Labute approximate surface area is 105 Å². The average Bonchev–Trinajstić information content (AvgIpc) is 2.32. The van der Waals surface area contributed by atoms with Gasteiger partial charge in [0, 0.05) is 45.3 Å². The van der Waals surface area contributed by atoms with E-state index in [1.165, 1.54) is 0 Å². The molecule has 1 aliphatic heterocycles. The lowest BCUT2D eigenvalue weighted by molar-refractivity contribution is 0.112. The van der Waals surface area contributed by atoms with Crippen molar-refractivity contribution in [3.05, 3.63) is 0 Å². The van der Waals surface area contributed by atoms with Crippen molar-refractivity contribution in [1.29, 1.82) is 0 Å². The summed E-state index contributed by atoms with van der Waals surface area (Å²) in [5, 5.41) is 3.02. The predicted octanol–water partition coefficient (Wildman–Crippen LogP) is 0.284. The zero-order valence-electron chi connectivity index (χ0n) is 11.6. The second kappa shape index (κ2) is 6.81. The van der Waals surface area contributed by atoms with E-state index in [1.54, 1.807) is 0 Å².